The van der Waals surface area contributed by atoms with Gasteiger partial charge in [-0.25, -0.2) is 14.4 Å². The normalized spacial score (nSPS) is 10.3. The molecule has 0 unspecified atom stereocenters. The lowest BCUT2D eigenvalue weighted by atomic mass is 10.2. The second-order valence-electron chi connectivity index (χ2n) is 6.30. The van der Waals surface area contributed by atoms with Crippen molar-refractivity contribution in [1.29, 1.82) is 0 Å². The van der Waals surface area contributed by atoms with Gasteiger partial charge in [0.05, 0.1) is 6.61 Å². The fraction of sp³-hybridized carbons (Fsp3) is 0.136. The van der Waals surface area contributed by atoms with Gasteiger partial charge in [0, 0.05) is 36.3 Å². The molecule has 3 N–H and O–H groups in total. The van der Waals surface area contributed by atoms with E-state index in [2.05, 4.69) is 32.5 Å². The molecule has 8 nitrogen and oxygen atoms in total. The SMILES string of the molecule is C=CC(=O)Nc1cccc(Nc2cc(Nc3ccc(OCCOC)c(F)c3)ncn2)c1. The fourth-order valence-electron chi connectivity index (χ4n) is 2.59. The van der Waals surface area contributed by atoms with Crippen LogP contribution in [0.1, 0.15) is 0 Å². The Bertz CT molecular complexity index is 1060. The second-order valence-corrected chi connectivity index (χ2v) is 6.30. The highest BCUT2D eigenvalue weighted by Crippen LogP contribution is 2.25. The lowest BCUT2D eigenvalue weighted by Gasteiger charge is -2.11. The highest BCUT2D eigenvalue weighted by atomic mass is 19.1. The summed E-state index contributed by atoms with van der Waals surface area (Å²) >= 11 is 0. The lowest BCUT2D eigenvalue weighted by Crippen LogP contribution is -2.07. The zero-order chi connectivity index (χ0) is 22.1. The van der Waals surface area contributed by atoms with E-state index in [-0.39, 0.29) is 18.3 Å². The van der Waals surface area contributed by atoms with Gasteiger partial charge in [-0.05, 0) is 36.4 Å². The van der Waals surface area contributed by atoms with Gasteiger partial charge < -0.3 is 25.4 Å². The van der Waals surface area contributed by atoms with E-state index in [0.29, 0.717) is 29.6 Å². The molecular formula is C22H22FN5O3. The van der Waals surface area contributed by atoms with E-state index < -0.39 is 5.82 Å². The molecule has 1 amide bonds. The van der Waals surface area contributed by atoms with Crippen LogP contribution < -0.4 is 20.7 Å². The summed E-state index contributed by atoms with van der Waals surface area (Å²) in [5.74, 6) is 0.349. The van der Waals surface area contributed by atoms with E-state index in [4.69, 9.17) is 9.47 Å². The van der Waals surface area contributed by atoms with E-state index in [1.165, 1.54) is 24.5 Å². The first-order valence-electron chi connectivity index (χ1n) is 9.38. The van der Waals surface area contributed by atoms with Gasteiger partial charge in [-0.1, -0.05) is 12.6 Å². The summed E-state index contributed by atoms with van der Waals surface area (Å²) < 4.78 is 24.4. The van der Waals surface area contributed by atoms with Crippen molar-refractivity contribution >= 4 is 34.6 Å². The topological polar surface area (TPSA) is 97.4 Å². The monoisotopic (exact) mass is 423 g/mol. The number of ether oxygens (including phenoxy) is 2. The Morgan fingerprint density at radius 3 is 2.42 bits per heavy atom. The average molecular weight is 423 g/mol. The predicted octanol–water partition coefficient (Wildman–Crippen LogP) is 4.25. The van der Waals surface area contributed by atoms with Gasteiger partial charge in [-0.2, -0.15) is 0 Å². The summed E-state index contributed by atoms with van der Waals surface area (Å²) in [7, 11) is 1.55. The molecule has 1 aromatic heterocycles. The number of carbonyl (C=O) groups is 1. The summed E-state index contributed by atoms with van der Waals surface area (Å²) in [5.41, 5.74) is 1.84. The van der Waals surface area contributed by atoms with Crippen molar-refractivity contribution in [3.63, 3.8) is 0 Å². The van der Waals surface area contributed by atoms with Gasteiger partial charge in [0.15, 0.2) is 11.6 Å². The number of aromatic nitrogens is 2. The van der Waals surface area contributed by atoms with E-state index in [1.54, 1.807) is 37.4 Å². The maximum atomic E-state index is 14.2. The van der Waals surface area contributed by atoms with E-state index in [1.807, 2.05) is 6.07 Å². The van der Waals surface area contributed by atoms with Crippen molar-refractivity contribution < 1.29 is 18.7 Å². The van der Waals surface area contributed by atoms with Gasteiger partial charge in [0.1, 0.15) is 24.6 Å². The first kappa shape index (κ1) is 21.7. The number of anilines is 5. The van der Waals surface area contributed by atoms with Crippen LogP contribution in [0.25, 0.3) is 0 Å². The maximum Gasteiger partial charge on any atom is 0.247 e. The Kier molecular flexibility index (Phi) is 7.50. The van der Waals surface area contributed by atoms with E-state index in [9.17, 15) is 9.18 Å². The summed E-state index contributed by atoms with van der Waals surface area (Å²) in [6.07, 6.45) is 2.58. The average Bonchev–Trinajstić information content (AvgIpc) is 2.76. The highest BCUT2D eigenvalue weighted by molar-refractivity contribution is 5.99. The van der Waals surface area contributed by atoms with Crippen LogP contribution in [0.15, 0.2) is 67.5 Å². The number of hydrogen-bond acceptors (Lipinski definition) is 7. The number of halogens is 1. The van der Waals surface area contributed by atoms with Crippen molar-refractivity contribution in [1.82, 2.24) is 9.97 Å². The molecule has 0 bridgehead atoms. The van der Waals surface area contributed by atoms with Crippen LogP contribution in [0, 0.1) is 5.82 Å². The molecule has 3 rings (SSSR count). The predicted molar refractivity (Wildman–Crippen MR) is 118 cm³/mol. The van der Waals surface area contributed by atoms with Crippen LogP contribution in [0.2, 0.25) is 0 Å². The maximum absolute atomic E-state index is 14.2. The zero-order valence-electron chi connectivity index (χ0n) is 16.9. The molecule has 0 aliphatic heterocycles. The molecule has 31 heavy (non-hydrogen) atoms. The zero-order valence-corrected chi connectivity index (χ0v) is 16.9. The highest BCUT2D eigenvalue weighted by Gasteiger charge is 2.07. The minimum Gasteiger partial charge on any atom is -0.488 e. The van der Waals surface area contributed by atoms with Gasteiger partial charge >= 0.3 is 0 Å². The molecule has 0 spiro atoms. The fourth-order valence-corrected chi connectivity index (χ4v) is 2.59. The third-order valence-electron chi connectivity index (χ3n) is 4.00. The van der Waals surface area contributed by atoms with Crippen molar-refractivity contribution in [3.05, 3.63) is 73.3 Å². The number of rotatable bonds is 10. The number of benzene rings is 2. The molecule has 3 aromatic rings. The first-order valence-corrected chi connectivity index (χ1v) is 9.38. The second kappa shape index (κ2) is 10.7. The molecule has 9 heteroatoms. The lowest BCUT2D eigenvalue weighted by molar-refractivity contribution is -0.111. The third-order valence-corrected chi connectivity index (χ3v) is 4.00. The summed E-state index contributed by atoms with van der Waals surface area (Å²) in [5, 5.41) is 8.86. The minimum absolute atomic E-state index is 0.149. The quantitative estimate of drug-likeness (QED) is 0.331. The summed E-state index contributed by atoms with van der Waals surface area (Å²) in [6, 6.07) is 13.4. The molecule has 0 saturated carbocycles. The van der Waals surface area contributed by atoms with Crippen LogP contribution in [0.3, 0.4) is 0 Å². The summed E-state index contributed by atoms with van der Waals surface area (Å²) in [6.45, 7) is 4.07. The van der Waals surface area contributed by atoms with Crippen molar-refractivity contribution in [2.75, 3.05) is 36.3 Å². The Morgan fingerprint density at radius 1 is 1.03 bits per heavy atom. The molecule has 0 aliphatic carbocycles. The largest absolute Gasteiger partial charge is 0.488 e. The van der Waals surface area contributed by atoms with Crippen molar-refractivity contribution in [2.45, 2.75) is 0 Å². The number of amides is 1. The summed E-state index contributed by atoms with van der Waals surface area (Å²) in [4.78, 5) is 19.8. The molecule has 0 saturated heterocycles. The molecule has 0 atom stereocenters. The van der Waals surface area contributed by atoms with Crippen molar-refractivity contribution in [3.8, 4) is 5.75 Å². The molecule has 1 heterocycles. The Hall–Kier alpha value is -3.98. The van der Waals surface area contributed by atoms with Gasteiger partial charge in [-0.3, -0.25) is 4.79 Å². The number of nitrogens with one attached hydrogen (secondary N) is 3. The molecule has 0 fully saturated rings. The molecular weight excluding hydrogens is 401 g/mol. The van der Waals surface area contributed by atoms with E-state index >= 15 is 0 Å². The van der Waals surface area contributed by atoms with Crippen LogP contribution in [-0.4, -0.2) is 36.2 Å². The number of carbonyl (C=O) groups excluding carboxylic acids is 1. The number of methoxy groups -OCH3 is 1. The first-order chi connectivity index (χ1) is 15.1. The number of hydrogen-bond donors (Lipinski definition) is 3. The van der Waals surface area contributed by atoms with Crippen LogP contribution in [0.4, 0.5) is 33.1 Å². The van der Waals surface area contributed by atoms with E-state index in [0.717, 1.165) is 5.69 Å². The minimum atomic E-state index is -0.494. The molecule has 0 radical (unpaired) electrons. The molecule has 0 aliphatic rings. The molecule has 2 aromatic carbocycles. The Morgan fingerprint density at radius 2 is 1.74 bits per heavy atom. The third kappa shape index (κ3) is 6.51. The smallest absolute Gasteiger partial charge is 0.247 e. The van der Waals surface area contributed by atoms with Crippen LogP contribution in [-0.2, 0) is 9.53 Å². The Balaban J connectivity index is 1.67. The van der Waals surface area contributed by atoms with Gasteiger partial charge in [0.25, 0.3) is 0 Å². The molecule has 160 valence electrons. The number of nitrogens with zero attached hydrogens (tertiary/aromatic N) is 2. The standard InChI is InChI=1S/C22H22FN5O3/c1-3-22(29)28-16-6-4-5-15(11-16)26-20-13-21(25-14-24-20)27-17-7-8-19(18(23)12-17)31-10-9-30-2/h3-8,11-14H,1,9-10H2,2H3,(H,28,29)(H2,24,25,26,27). The van der Waals surface area contributed by atoms with Gasteiger partial charge in [0.2, 0.25) is 5.91 Å². The van der Waals surface area contributed by atoms with Gasteiger partial charge in [-0.15, -0.1) is 0 Å². The Labute approximate surface area is 179 Å². The van der Waals surface area contributed by atoms with Crippen LogP contribution in [0.5, 0.6) is 5.75 Å². The van der Waals surface area contributed by atoms with Crippen LogP contribution >= 0.6 is 0 Å². The van der Waals surface area contributed by atoms with Crippen molar-refractivity contribution in [2.24, 2.45) is 0 Å².